The minimum Gasteiger partial charge on any atom is -0.363 e. The van der Waals surface area contributed by atoms with Gasteiger partial charge in [0.25, 0.3) is 0 Å². The Morgan fingerprint density at radius 1 is 1.04 bits per heavy atom. The smallest absolute Gasteiger partial charge is 0.211 e. The van der Waals surface area contributed by atoms with Crippen LogP contribution in [0.3, 0.4) is 0 Å². The molecule has 0 aromatic carbocycles. The minimum absolute atomic E-state index is 0.352. The molecular formula is C15H25N5O2S. The fraction of sp³-hybridized carbons (Fsp3) is 0.733. The molecular weight excluding hydrogens is 314 g/mol. The van der Waals surface area contributed by atoms with Crippen molar-refractivity contribution in [2.75, 3.05) is 43.2 Å². The standard InChI is InChI=1S/C15H25N5O2S/c1-18(2)14-10-15(17-11-16-14)20(12-4-5-12)13-6-8-19(9-7-13)23(3,21)22/h10-13H,4-9H2,1-3H3. The molecule has 0 N–H and O–H groups in total. The van der Waals surface area contributed by atoms with Gasteiger partial charge < -0.3 is 9.80 Å². The van der Waals surface area contributed by atoms with E-state index in [-0.39, 0.29) is 0 Å². The van der Waals surface area contributed by atoms with Gasteiger partial charge in [0.15, 0.2) is 0 Å². The first kappa shape index (κ1) is 16.4. The fourth-order valence-corrected chi connectivity index (χ4v) is 4.07. The van der Waals surface area contributed by atoms with Crippen molar-refractivity contribution in [3.05, 3.63) is 12.4 Å². The van der Waals surface area contributed by atoms with Crippen LogP contribution < -0.4 is 9.80 Å². The Balaban J connectivity index is 1.77. The summed E-state index contributed by atoms with van der Waals surface area (Å²) in [5.74, 6) is 1.86. The predicted molar refractivity (Wildman–Crippen MR) is 91.3 cm³/mol. The van der Waals surface area contributed by atoms with Gasteiger partial charge in [-0.2, -0.15) is 0 Å². The highest BCUT2D eigenvalue weighted by Gasteiger charge is 2.37. The second-order valence-corrected chi connectivity index (χ2v) is 8.64. The third-order valence-corrected chi connectivity index (χ3v) is 5.89. The minimum atomic E-state index is -3.08. The number of anilines is 2. The van der Waals surface area contributed by atoms with E-state index >= 15 is 0 Å². The molecule has 128 valence electrons. The van der Waals surface area contributed by atoms with Crippen molar-refractivity contribution in [3.63, 3.8) is 0 Å². The maximum atomic E-state index is 11.7. The summed E-state index contributed by atoms with van der Waals surface area (Å²) < 4.78 is 25.0. The third kappa shape index (κ3) is 3.74. The van der Waals surface area contributed by atoms with Crippen LogP contribution in [0.25, 0.3) is 0 Å². The molecule has 23 heavy (non-hydrogen) atoms. The Morgan fingerprint density at radius 2 is 1.61 bits per heavy atom. The molecule has 1 aliphatic carbocycles. The van der Waals surface area contributed by atoms with Gasteiger partial charge in [-0.3, -0.25) is 0 Å². The molecule has 0 spiro atoms. The Bertz CT molecular complexity index is 652. The molecule has 0 atom stereocenters. The number of hydrogen-bond acceptors (Lipinski definition) is 6. The maximum Gasteiger partial charge on any atom is 0.211 e. The lowest BCUT2D eigenvalue weighted by Gasteiger charge is -2.38. The zero-order chi connectivity index (χ0) is 16.6. The lowest BCUT2D eigenvalue weighted by Crippen LogP contribution is -2.47. The van der Waals surface area contributed by atoms with Crippen molar-refractivity contribution in [2.45, 2.75) is 37.8 Å². The third-order valence-electron chi connectivity index (χ3n) is 4.59. The van der Waals surface area contributed by atoms with Crippen LogP contribution in [0.5, 0.6) is 0 Å². The van der Waals surface area contributed by atoms with Gasteiger partial charge in [0.2, 0.25) is 10.0 Å². The summed E-state index contributed by atoms with van der Waals surface area (Å²) in [6, 6.07) is 2.92. The van der Waals surface area contributed by atoms with E-state index in [2.05, 4.69) is 14.9 Å². The molecule has 1 aliphatic heterocycles. The number of rotatable bonds is 5. The zero-order valence-electron chi connectivity index (χ0n) is 14.0. The molecule has 1 saturated heterocycles. The van der Waals surface area contributed by atoms with Gasteiger partial charge in [-0.15, -0.1) is 0 Å². The summed E-state index contributed by atoms with van der Waals surface area (Å²) in [7, 11) is 0.861. The number of hydrogen-bond donors (Lipinski definition) is 0. The van der Waals surface area contributed by atoms with Gasteiger partial charge in [0.1, 0.15) is 18.0 Å². The monoisotopic (exact) mass is 339 g/mol. The van der Waals surface area contributed by atoms with E-state index in [1.807, 2.05) is 25.1 Å². The zero-order valence-corrected chi connectivity index (χ0v) is 14.8. The Hall–Kier alpha value is -1.41. The van der Waals surface area contributed by atoms with E-state index in [0.717, 1.165) is 24.5 Å². The summed E-state index contributed by atoms with van der Waals surface area (Å²) in [6.45, 7) is 1.19. The Kier molecular flexibility index (Phi) is 4.46. The van der Waals surface area contributed by atoms with Crippen molar-refractivity contribution in [1.29, 1.82) is 0 Å². The maximum absolute atomic E-state index is 11.7. The van der Waals surface area contributed by atoms with Gasteiger partial charge in [-0.25, -0.2) is 22.7 Å². The van der Waals surface area contributed by atoms with Gasteiger partial charge in [-0.05, 0) is 25.7 Å². The van der Waals surface area contributed by atoms with Crippen molar-refractivity contribution in [2.24, 2.45) is 0 Å². The molecule has 1 saturated carbocycles. The summed E-state index contributed by atoms with van der Waals surface area (Å²) in [5.41, 5.74) is 0. The van der Waals surface area contributed by atoms with Gasteiger partial charge in [0, 0.05) is 45.3 Å². The van der Waals surface area contributed by atoms with Crippen LogP contribution in [0.1, 0.15) is 25.7 Å². The van der Waals surface area contributed by atoms with Crippen LogP contribution >= 0.6 is 0 Å². The molecule has 2 fully saturated rings. The van der Waals surface area contributed by atoms with E-state index < -0.39 is 10.0 Å². The first-order chi connectivity index (χ1) is 10.9. The molecule has 0 unspecified atom stereocenters. The topological polar surface area (TPSA) is 69.6 Å². The molecule has 1 aromatic rings. The lowest BCUT2D eigenvalue weighted by molar-refractivity contribution is 0.310. The highest BCUT2D eigenvalue weighted by Crippen LogP contribution is 2.36. The van der Waals surface area contributed by atoms with Crippen LogP contribution in [-0.2, 0) is 10.0 Å². The lowest BCUT2D eigenvalue weighted by atomic mass is 10.0. The number of piperidine rings is 1. The average molecular weight is 339 g/mol. The predicted octanol–water partition coefficient (Wildman–Crippen LogP) is 0.935. The first-order valence-electron chi connectivity index (χ1n) is 8.09. The van der Waals surface area contributed by atoms with Crippen LogP contribution in [-0.4, -0.2) is 68.2 Å². The molecule has 7 nitrogen and oxygen atoms in total. The summed E-state index contributed by atoms with van der Waals surface area (Å²) in [5, 5.41) is 0. The van der Waals surface area contributed by atoms with Gasteiger partial charge >= 0.3 is 0 Å². The molecule has 0 radical (unpaired) electrons. The van der Waals surface area contributed by atoms with Crippen molar-refractivity contribution in [1.82, 2.24) is 14.3 Å². The molecule has 2 aliphatic rings. The average Bonchev–Trinajstić information content (AvgIpc) is 3.32. The van der Waals surface area contributed by atoms with Crippen LogP contribution in [0.15, 0.2) is 12.4 Å². The molecule has 0 amide bonds. The fourth-order valence-electron chi connectivity index (χ4n) is 3.20. The normalized spacial score (nSPS) is 20.5. The SMILES string of the molecule is CN(C)c1cc(N(C2CC2)C2CCN(S(C)(=O)=O)CC2)ncn1. The first-order valence-corrected chi connectivity index (χ1v) is 9.94. The van der Waals surface area contributed by atoms with Crippen molar-refractivity contribution < 1.29 is 8.42 Å². The number of aromatic nitrogens is 2. The summed E-state index contributed by atoms with van der Waals surface area (Å²) in [4.78, 5) is 13.1. The van der Waals surface area contributed by atoms with Crippen molar-refractivity contribution in [3.8, 4) is 0 Å². The Labute approximate surface area is 138 Å². The second kappa shape index (κ2) is 6.24. The van der Waals surface area contributed by atoms with Crippen molar-refractivity contribution >= 4 is 21.7 Å². The largest absolute Gasteiger partial charge is 0.363 e. The molecule has 1 aromatic heterocycles. The van der Waals surface area contributed by atoms with Gasteiger partial charge in [-0.1, -0.05) is 0 Å². The summed E-state index contributed by atoms with van der Waals surface area (Å²) >= 11 is 0. The van der Waals surface area contributed by atoms with Crippen LogP contribution in [0.2, 0.25) is 0 Å². The van der Waals surface area contributed by atoms with Crippen LogP contribution in [0, 0.1) is 0 Å². The molecule has 2 heterocycles. The quantitative estimate of drug-likeness (QED) is 0.795. The van der Waals surface area contributed by atoms with E-state index in [4.69, 9.17) is 0 Å². The van der Waals surface area contributed by atoms with Gasteiger partial charge in [0.05, 0.1) is 6.26 Å². The van der Waals surface area contributed by atoms with E-state index in [9.17, 15) is 8.42 Å². The Morgan fingerprint density at radius 3 is 2.13 bits per heavy atom. The van der Waals surface area contributed by atoms with E-state index in [1.165, 1.54) is 19.1 Å². The molecule has 3 rings (SSSR count). The second-order valence-electron chi connectivity index (χ2n) is 6.66. The summed E-state index contributed by atoms with van der Waals surface area (Å²) in [6.07, 6.45) is 6.99. The number of sulfonamides is 1. The molecule has 8 heteroatoms. The highest BCUT2D eigenvalue weighted by molar-refractivity contribution is 7.88. The van der Waals surface area contributed by atoms with E-state index in [0.29, 0.717) is 25.2 Å². The van der Waals surface area contributed by atoms with Crippen LogP contribution in [0.4, 0.5) is 11.6 Å². The van der Waals surface area contributed by atoms with E-state index in [1.54, 1.807) is 10.6 Å². The molecule has 0 bridgehead atoms. The highest BCUT2D eigenvalue weighted by atomic mass is 32.2. The number of nitrogens with zero attached hydrogens (tertiary/aromatic N) is 5.